The van der Waals surface area contributed by atoms with Gasteiger partial charge in [-0.1, -0.05) is 11.6 Å². The van der Waals surface area contributed by atoms with Gasteiger partial charge in [0.25, 0.3) is 17.5 Å². The van der Waals surface area contributed by atoms with Crippen LogP contribution in [0.15, 0.2) is 60.2 Å². The molecular weight excluding hydrogens is 406 g/mol. The van der Waals surface area contributed by atoms with Crippen LogP contribution < -0.4 is 10.2 Å². The maximum absolute atomic E-state index is 12.8. The van der Waals surface area contributed by atoms with E-state index in [0.717, 1.165) is 23.1 Å². The molecule has 0 atom stereocenters. The molecule has 0 aromatic heterocycles. The fourth-order valence-corrected chi connectivity index (χ4v) is 2.85. The van der Waals surface area contributed by atoms with Crippen LogP contribution in [-0.2, 0) is 9.59 Å². The number of rotatable bonds is 4. The first kappa shape index (κ1) is 19.3. The summed E-state index contributed by atoms with van der Waals surface area (Å²) in [4.78, 5) is 48.5. The monoisotopic (exact) mass is 415 g/mol. The van der Waals surface area contributed by atoms with Gasteiger partial charge in [-0.15, -0.1) is 0 Å². The highest BCUT2D eigenvalue weighted by molar-refractivity contribution is 7.80. The number of benzene rings is 2. The van der Waals surface area contributed by atoms with Gasteiger partial charge in [-0.05, 0) is 48.6 Å². The van der Waals surface area contributed by atoms with E-state index in [4.69, 9.17) is 23.8 Å². The summed E-state index contributed by atoms with van der Waals surface area (Å²) in [5, 5.41) is 13.4. The second-order valence-corrected chi connectivity index (χ2v) is 6.43. The Balaban J connectivity index is 1.92. The van der Waals surface area contributed by atoms with E-state index in [-0.39, 0.29) is 16.4 Å². The first-order valence-electron chi connectivity index (χ1n) is 7.74. The lowest BCUT2D eigenvalue weighted by molar-refractivity contribution is -0.384. The van der Waals surface area contributed by atoms with Crippen LogP contribution in [-0.4, -0.2) is 27.6 Å². The van der Waals surface area contributed by atoms with Crippen molar-refractivity contribution in [3.63, 3.8) is 0 Å². The number of nitro groups is 1. The molecule has 0 aliphatic carbocycles. The highest BCUT2D eigenvalue weighted by atomic mass is 35.5. The minimum Gasteiger partial charge on any atom is -0.298 e. The molecule has 2 aromatic carbocycles. The van der Waals surface area contributed by atoms with Gasteiger partial charge >= 0.3 is 0 Å². The first-order valence-corrected chi connectivity index (χ1v) is 8.52. The number of carbonyl (C=O) groups is 3. The summed E-state index contributed by atoms with van der Waals surface area (Å²) in [6.07, 6.45) is 0.878. The van der Waals surface area contributed by atoms with Gasteiger partial charge in [0, 0.05) is 28.8 Å². The maximum Gasteiger partial charge on any atom is 0.270 e. The lowest BCUT2D eigenvalue weighted by Gasteiger charge is -2.28. The van der Waals surface area contributed by atoms with Gasteiger partial charge in [-0.3, -0.25) is 34.7 Å². The Morgan fingerprint density at radius 2 is 1.71 bits per heavy atom. The number of nitrogens with one attached hydrogen (secondary N) is 1. The van der Waals surface area contributed by atoms with Crippen molar-refractivity contribution in [2.45, 2.75) is 0 Å². The van der Waals surface area contributed by atoms with Gasteiger partial charge in [-0.2, -0.15) is 0 Å². The molecule has 2 amide bonds. The molecule has 0 saturated carbocycles. The van der Waals surface area contributed by atoms with Crippen molar-refractivity contribution in [3.05, 3.63) is 80.9 Å². The van der Waals surface area contributed by atoms with Crippen LogP contribution in [0, 0.1) is 10.1 Å². The minimum absolute atomic E-state index is 0.0879. The Bertz CT molecular complexity index is 1050. The molecule has 8 nitrogen and oxygen atoms in total. The molecule has 1 saturated heterocycles. The van der Waals surface area contributed by atoms with Gasteiger partial charge < -0.3 is 0 Å². The Morgan fingerprint density at radius 1 is 1.11 bits per heavy atom. The van der Waals surface area contributed by atoms with E-state index in [2.05, 4.69) is 5.32 Å². The van der Waals surface area contributed by atoms with Gasteiger partial charge in [-0.25, -0.2) is 0 Å². The van der Waals surface area contributed by atoms with Crippen molar-refractivity contribution < 1.29 is 19.3 Å². The Labute approximate surface area is 168 Å². The fourth-order valence-electron chi connectivity index (χ4n) is 2.44. The number of anilines is 1. The fraction of sp³-hybridized carbons (Fsp3) is 0. The number of ketones is 1. The van der Waals surface area contributed by atoms with Crippen molar-refractivity contribution >= 4 is 57.9 Å². The summed E-state index contributed by atoms with van der Waals surface area (Å²) in [5.41, 5.74) is -0.139. The zero-order valence-electron chi connectivity index (χ0n) is 13.9. The quantitative estimate of drug-likeness (QED) is 0.205. The molecule has 0 spiro atoms. The zero-order chi connectivity index (χ0) is 20.4. The number of hydrogen-bond acceptors (Lipinski definition) is 6. The van der Waals surface area contributed by atoms with Crippen molar-refractivity contribution in [1.82, 2.24) is 5.32 Å². The highest BCUT2D eigenvalue weighted by Gasteiger charge is 2.35. The van der Waals surface area contributed by atoms with Crippen LogP contribution in [0.4, 0.5) is 11.4 Å². The summed E-state index contributed by atoms with van der Waals surface area (Å²) in [6.45, 7) is 0. The van der Waals surface area contributed by atoms with Crippen LogP contribution in [0.2, 0.25) is 5.02 Å². The normalized spacial score (nSPS) is 15.5. The van der Waals surface area contributed by atoms with E-state index in [1.165, 1.54) is 12.1 Å². The summed E-state index contributed by atoms with van der Waals surface area (Å²) < 4.78 is 0. The van der Waals surface area contributed by atoms with Crippen molar-refractivity contribution in [3.8, 4) is 0 Å². The molecule has 1 heterocycles. The number of halogens is 1. The number of carbonyl (C=O) groups excluding carboxylic acids is 3. The predicted octanol–water partition coefficient (Wildman–Crippen LogP) is 2.81. The maximum atomic E-state index is 12.8. The number of nitrogens with zero attached hydrogens (tertiary/aromatic N) is 2. The number of hydrogen-bond donors (Lipinski definition) is 1. The van der Waals surface area contributed by atoms with Gasteiger partial charge in [0.15, 0.2) is 10.9 Å². The predicted molar refractivity (Wildman–Crippen MR) is 105 cm³/mol. The van der Waals surface area contributed by atoms with Gasteiger partial charge in [0.05, 0.1) is 10.6 Å². The van der Waals surface area contributed by atoms with Crippen LogP contribution in [0.25, 0.3) is 0 Å². The van der Waals surface area contributed by atoms with Crippen molar-refractivity contribution in [2.24, 2.45) is 0 Å². The molecule has 1 aliphatic rings. The van der Waals surface area contributed by atoms with Crippen molar-refractivity contribution in [2.75, 3.05) is 4.90 Å². The molecular formula is C18H10ClN3O5S. The summed E-state index contributed by atoms with van der Waals surface area (Å²) in [6, 6.07) is 11.0. The van der Waals surface area contributed by atoms with E-state index in [0.29, 0.717) is 10.7 Å². The number of non-ortho nitro benzene ring substituents is 1. The molecule has 0 unspecified atom stereocenters. The van der Waals surface area contributed by atoms with Gasteiger partial charge in [0.1, 0.15) is 5.57 Å². The molecule has 1 fully saturated rings. The number of allylic oxidation sites excluding steroid dienone is 1. The summed E-state index contributed by atoms with van der Waals surface area (Å²) in [7, 11) is 0. The van der Waals surface area contributed by atoms with Crippen LogP contribution in [0.3, 0.4) is 0 Å². The molecule has 1 aliphatic heterocycles. The van der Waals surface area contributed by atoms with E-state index >= 15 is 0 Å². The van der Waals surface area contributed by atoms with Crippen LogP contribution >= 0.6 is 23.8 Å². The second-order valence-electron chi connectivity index (χ2n) is 5.60. The SMILES string of the molecule is O=C1NC(=S)N(c2ccc(Cl)cc2)C(=O)/C1=C\C(=O)c1ccc([N+](=O)[O-])cc1. The molecule has 2 aromatic rings. The third-order valence-electron chi connectivity index (χ3n) is 3.82. The third-order valence-corrected chi connectivity index (χ3v) is 4.36. The van der Waals surface area contributed by atoms with Crippen LogP contribution in [0.1, 0.15) is 10.4 Å². The standard InChI is InChI=1S/C18H10ClN3O5S/c19-11-3-7-12(8-4-11)21-17(25)14(16(24)20-18(21)28)9-15(23)10-1-5-13(6-2-10)22(26)27/h1-9H,(H,20,24,28)/b14-9-. The number of nitro benzene ring substituents is 1. The third kappa shape index (κ3) is 3.80. The largest absolute Gasteiger partial charge is 0.298 e. The molecule has 10 heteroatoms. The highest BCUT2D eigenvalue weighted by Crippen LogP contribution is 2.23. The molecule has 28 heavy (non-hydrogen) atoms. The van der Waals surface area contributed by atoms with Gasteiger partial charge in [0.2, 0.25) is 0 Å². The first-order chi connectivity index (χ1) is 13.3. The Morgan fingerprint density at radius 3 is 2.29 bits per heavy atom. The zero-order valence-corrected chi connectivity index (χ0v) is 15.5. The van der Waals surface area contributed by atoms with E-state index < -0.39 is 28.1 Å². The molecule has 0 bridgehead atoms. The number of thiocarbonyl (C=S) groups is 1. The smallest absolute Gasteiger partial charge is 0.270 e. The summed E-state index contributed by atoms with van der Waals surface area (Å²) >= 11 is 10.9. The molecule has 3 rings (SSSR count). The van der Waals surface area contributed by atoms with E-state index in [1.54, 1.807) is 24.3 Å². The van der Waals surface area contributed by atoms with Crippen molar-refractivity contribution in [1.29, 1.82) is 0 Å². The topological polar surface area (TPSA) is 110 Å². The second kappa shape index (κ2) is 7.67. The lowest BCUT2D eigenvalue weighted by atomic mass is 10.0. The average Bonchev–Trinajstić information content (AvgIpc) is 2.66. The summed E-state index contributed by atoms with van der Waals surface area (Å²) in [5.74, 6) is -2.24. The average molecular weight is 416 g/mol. The molecule has 0 radical (unpaired) electrons. The lowest BCUT2D eigenvalue weighted by Crippen LogP contribution is -2.54. The number of amides is 2. The Kier molecular flexibility index (Phi) is 5.30. The molecule has 140 valence electrons. The minimum atomic E-state index is -0.810. The Hall–Kier alpha value is -3.43. The van der Waals surface area contributed by atoms with E-state index in [1.807, 2.05) is 0 Å². The van der Waals surface area contributed by atoms with E-state index in [9.17, 15) is 24.5 Å². The molecule has 1 N–H and O–H groups in total. The van der Waals surface area contributed by atoms with Crippen LogP contribution in [0.5, 0.6) is 0 Å².